The number of hydrogen-bond donors (Lipinski definition) is 2. The van der Waals surface area contributed by atoms with E-state index < -0.39 is 10.0 Å². The Balaban J connectivity index is 1.65. The second-order valence-electron chi connectivity index (χ2n) is 6.21. The molecule has 0 bridgehead atoms. The smallest absolute Gasteiger partial charge is 0.261 e. The molecule has 0 aliphatic carbocycles. The van der Waals surface area contributed by atoms with Crippen LogP contribution in [0.5, 0.6) is 0 Å². The lowest BCUT2D eigenvalue weighted by molar-refractivity contribution is -0.116. The minimum atomic E-state index is -3.69. The topological polar surface area (TPSA) is 97.3 Å². The van der Waals surface area contributed by atoms with Gasteiger partial charge in [-0.25, -0.2) is 8.42 Å². The molecule has 8 heteroatoms. The highest BCUT2D eigenvalue weighted by atomic mass is 32.2. The number of amides is 1. The first-order valence-corrected chi connectivity index (χ1v) is 9.97. The molecule has 0 spiro atoms. The summed E-state index contributed by atoms with van der Waals surface area (Å²) < 4.78 is 28.6. The summed E-state index contributed by atoms with van der Waals surface area (Å²) in [7, 11) is -3.69. The van der Waals surface area contributed by atoms with Gasteiger partial charge < -0.3 is 9.88 Å². The summed E-state index contributed by atoms with van der Waals surface area (Å²) in [6, 6.07) is 17.5. The summed E-state index contributed by atoms with van der Waals surface area (Å²) >= 11 is 0. The Morgan fingerprint density at radius 2 is 1.57 bits per heavy atom. The molecule has 2 aromatic carbocycles. The van der Waals surface area contributed by atoms with Crippen molar-refractivity contribution in [3.63, 3.8) is 0 Å². The highest BCUT2D eigenvalue weighted by molar-refractivity contribution is 7.92. The van der Waals surface area contributed by atoms with Crippen molar-refractivity contribution in [2.24, 2.45) is 0 Å². The molecule has 0 aliphatic rings. The van der Waals surface area contributed by atoms with E-state index in [0.717, 1.165) is 5.56 Å². The van der Waals surface area contributed by atoms with Gasteiger partial charge in [0, 0.05) is 23.6 Å². The number of carbonyl (C=O) groups is 1. The number of rotatable bonds is 6. The summed E-state index contributed by atoms with van der Waals surface area (Å²) in [6.45, 7) is 1.77. The van der Waals surface area contributed by atoms with E-state index in [0.29, 0.717) is 11.4 Å². The second-order valence-corrected chi connectivity index (χ2v) is 7.89. The van der Waals surface area contributed by atoms with Gasteiger partial charge >= 0.3 is 0 Å². The molecule has 1 amide bonds. The largest absolute Gasteiger partial charge is 0.325 e. The number of nitrogens with one attached hydrogen (secondary N) is 2. The van der Waals surface area contributed by atoms with Crippen molar-refractivity contribution >= 4 is 27.3 Å². The van der Waals surface area contributed by atoms with Gasteiger partial charge in [0.2, 0.25) is 5.91 Å². The maximum absolute atomic E-state index is 12.4. The quantitative estimate of drug-likeness (QED) is 0.668. The van der Waals surface area contributed by atoms with E-state index in [9.17, 15) is 18.0 Å². The molecular formula is C20H19N3O4S. The van der Waals surface area contributed by atoms with Crippen LogP contribution >= 0.6 is 0 Å². The maximum atomic E-state index is 12.4. The van der Waals surface area contributed by atoms with Crippen LogP contribution in [0.1, 0.15) is 5.56 Å². The Morgan fingerprint density at radius 3 is 2.21 bits per heavy atom. The monoisotopic (exact) mass is 397 g/mol. The number of anilines is 2. The third-order valence-electron chi connectivity index (χ3n) is 3.97. The summed E-state index contributed by atoms with van der Waals surface area (Å²) in [5.41, 5.74) is 1.57. The third kappa shape index (κ3) is 4.86. The van der Waals surface area contributed by atoms with Gasteiger partial charge in [0.25, 0.3) is 15.6 Å². The number of pyridine rings is 1. The standard InChI is InChI=1S/C20H19N3O4S/c1-15-5-11-18(12-6-15)28(26,27)22-17-9-7-16(8-10-17)21-19(24)14-23-13-3-2-4-20(23)25/h2-13,22H,14H2,1H3,(H,21,24). The molecule has 0 unspecified atom stereocenters. The summed E-state index contributed by atoms with van der Waals surface area (Å²) in [6.07, 6.45) is 1.53. The van der Waals surface area contributed by atoms with E-state index in [4.69, 9.17) is 0 Å². The molecular weight excluding hydrogens is 378 g/mol. The third-order valence-corrected chi connectivity index (χ3v) is 5.36. The van der Waals surface area contributed by atoms with E-state index in [1.54, 1.807) is 48.5 Å². The van der Waals surface area contributed by atoms with Crippen molar-refractivity contribution in [2.75, 3.05) is 10.0 Å². The fourth-order valence-corrected chi connectivity index (χ4v) is 3.56. The summed E-state index contributed by atoms with van der Waals surface area (Å²) in [4.78, 5) is 23.9. The Labute approximate surface area is 162 Å². The molecule has 3 rings (SSSR count). The van der Waals surface area contributed by atoms with Crippen molar-refractivity contribution in [1.82, 2.24) is 4.57 Å². The van der Waals surface area contributed by atoms with Crippen molar-refractivity contribution in [3.8, 4) is 0 Å². The molecule has 0 atom stereocenters. The van der Waals surface area contributed by atoms with Gasteiger partial charge in [0.05, 0.1) is 4.90 Å². The number of carbonyl (C=O) groups excluding carboxylic acids is 1. The Morgan fingerprint density at radius 1 is 0.929 bits per heavy atom. The van der Waals surface area contributed by atoms with Crippen molar-refractivity contribution in [1.29, 1.82) is 0 Å². The zero-order valence-electron chi connectivity index (χ0n) is 15.1. The molecule has 2 N–H and O–H groups in total. The summed E-state index contributed by atoms with van der Waals surface area (Å²) in [5, 5.41) is 2.67. The van der Waals surface area contributed by atoms with Crippen LogP contribution in [-0.4, -0.2) is 18.9 Å². The number of nitrogens with zero attached hydrogens (tertiary/aromatic N) is 1. The average Bonchev–Trinajstić information content (AvgIpc) is 2.65. The van der Waals surface area contributed by atoms with Crippen molar-refractivity contribution in [2.45, 2.75) is 18.4 Å². The molecule has 1 heterocycles. The predicted octanol–water partition coefficient (Wildman–Crippen LogP) is 2.60. The minimum absolute atomic E-state index is 0.110. The highest BCUT2D eigenvalue weighted by Crippen LogP contribution is 2.18. The molecule has 7 nitrogen and oxygen atoms in total. The van der Waals surface area contributed by atoms with E-state index >= 15 is 0 Å². The van der Waals surface area contributed by atoms with Crippen LogP contribution in [0, 0.1) is 6.92 Å². The second kappa shape index (κ2) is 8.10. The molecule has 0 saturated heterocycles. The molecule has 1 aromatic heterocycles. The van der Waals surface area contributed by atoms with E-state index in [-0.39, 0.29) is 22.9 Å². The normalized spacial score (nSPS) is 11.0. The van der Waals surface area contributed by atoms with Gasteiger partial charge in [-0.1, -0.05) is 23.8 Å². The Kier molecular flexibility index (Phi) is 5.60. The molecule has 144 valence electrons. The first-order valence-electron chi connectivity index (χ1n) is 8.48. The maximum Gasteiger partial charge on any atom is 0.261 e. The van der Waals surface area contributed by atoms with Gasteiger partial charge in [-0.2, -0.15) is 0 Å². The zero-order chi connectivity index (χ0) is 20.1. The first-order chi connectivity index (χ1) is 13.3. The predicted molar refractivity (Wildman–Crippen MR) is 108 cm³/mol. The fourth-order valence-electron chi connectivity index (χ4n) is 2.50. The van der Waals surface area contributed by atoms with Crippen molar-refractivity contribution < 1.29 is 13.2 Å². The van der Waals surface area contributed by atoms with Gasteiger partial charge in [-0.05, 0) is 49.4 Å². The van der Waals surface area contributed by atoms with Gasteiger partial charge in [0.1, 0.15) is 6.54 Å². The Hall–Kier alpha value is -3.39. The van der Waals surface area contributed by atoms with Crippen LogP contribution in [0.2, 0.25) is 0 Å². The van der Waals surface area contributed by atoms with Crippen LogP contribution in [0.3, 0.4) is 0 Å². The highest BCUT2D eigenvalue weighted by Gasteiger charge is 2.14. The SMILES string of the molecule is Cc1ccc(S(=O)(=O)Nc2ccc(NC(=O)Cn3ccccc3=O)cc2)cc1. The molecule has 0 fully saturated rings. The molecule has 0 saturated carbocycles. The van der Waals surface area contributed by atoms with E-state index in [2.05, 4.69) is 10.0 Å². The first kappa shape index (κ1) is 19.4. The molecule has 3 aromatic rings. The lowest BCUT2D eigenvalue weighted by Gasteiger charge is -2.10. The van der Waals surface area contributed by atoms with Crippen molar-refractivity contribution in [3.05, 3.63) is 88.8 Å². The number of aromatic nitrogens is 1. The van der Waals surface area contributed by atoms with E-state index in [1.165, 1.54) is 29.0 Å². The lowest BCUT2D eigenvalue weighted by Crippen LogP contribution is -2.26. The number of aryl methyl sites for hydroxylation is 1. The number of benzene rings is 2. The molecule has 0 aliphatic heterocycles. The van der Waals surface area contributed by atoms with Gasteiger partial charge in [-0.3, -0.25) is 14.3 Å². The number of sulfonamides is 1. The zero-order valence-corrected chi connectivity index (χ0v) is 15.9. The Bertz CT molecular complexity index is 1140. The minimum Gasteiger partial charge on any atom is -0.325 e. The van der Waals surface area contributed by atoms with Gasteiger partial charge in [0.15, 0.2) is 0 Å². The van der Waals surface area contributed by atoms with Crippen LogP contribution in [-0.2, 0) is 21.4 Å². The number of hydrogen-bond acceptors (Lipinski definition) is 4. The lowest BCUT2D eigenvalue weighted by atomic mass is 10.2. The molecule has 28 heavy (non-hydrogen) atoms. The van der Waals surface area contributed by atoms with Crippen LogP contribution < -0.4 is 15.6 Å². The van der Waals surface area contributed by atoms with Crippen LogP contribution in [0.25, 0.3) is 0 Å². The molecule has 0 radical (unpaired) electrons. The van der Waals surface area contributed by atoms with E-state index in [1.807, 2.05) is 6.92 Å². The van der Waals surface area contributed by atoms with Crippen LogP contribution in [0.4, 0.5) is 11.4 Å². The van der Waals surface area contributed by atoms with Crippen LogP contribution in [0.15, 0.2) is 82.6 Å². The summed E-state index contributed by atoms with van der Waals surface area (Å²) in [5.74, 6) is -0.360. The average molecular weight is 397 g/mol. The van der Waals surface area contributed by atoms with Gasteiger partial charge in [-0.15, -0.1) is 0 Å². The fraction of sp³-hybridized carbons (Fsp3) is 0.100.